The second kappa shape index (κ2) is 4.94. The number of phenolic OH excluding ortho intramolecular Hbond substituents is 1. The second-order valence-electron chi connectivity index (χ2n) is 3.85. The van der Waals surface area contributed by atoms with E-state index in [1.54, 1.807) is 31.2 Å². The zero-order chi connectivity index (χ0) is 11.4. The van der Waals surface area contributed by atoms with E-state index in [0.29, 0.717) is 6.42 Å². The van der Waals surface area contributed by atoms with Crippen molar-refractivity contribution >= 4 is 5.78 Å². The van der Waals surface area contributed by atoms with Crippen LogP contribution in [0, 0.1) is 5.92 Å². The molecule has 0 amide bonds. The molecule has 2 unspecified atom stereocenters. The van der Waals surface area contributed by atoms with E-state index in [1.165, 1.54) is 6.92 Å². The summed E-state index contributed by atoms with van der Waals surface area (Å²) in [6.07, 6.45) is -0.318. The molecule has 0 fully saturated rings. The lowest BCUT2D eigenvalue weighted by atomic mass is 9.95. The molecule has 0 aliphatic heterocycles. The summed E-state index contributed by atoms with van der Waals surface area (Å²) < 4.78 is 0. The lowest BCUT2D eigenvalue weighted by Crippen LogP contribution is -2.24. The Balaban J connectivity index is 2.62. The van der Waals surface area contributed by atoms with Crippen LogP contribution in [0.4, 0.5) is 0 Å². The van der Waals surface area contributed by atoms with E-state index in [9.17, 15) is 4.79 Å². The molecule has 3 nitrogen and oxygen atoms in total. The third kappa shape index (κ3) is 3.36. The molecule has 15 heavy (non-hydrogen) atoms. The smallest absolute Gasteiger partial charge is 0.164 e. The number of aliphatic hydroxyl groups excluding tert-OH is 1. The van der Waals surface area contributed by atoms with Crippen molar-refractivity contribution < 1.29 is 15.0 Å². The minimum Gasteiger partial charge on any atom is -0.508 e. The van der Waals surface area contributed by atoms with Crippen LogP contribution in [0.5, 0.6) is 5.75 Å². The van der Waals surface area contributed by atoms with Gasteiger partial charge >= 0.3 is 0 Å². The van der Waals surface area contributed by atoms with Gasteiger partial charge in [0.15, 0.2) is 5.78 Å². The van der Waals surface area contributed by atoms with E-state index in [0.717, 1.165) is 5.56 Å². The highest BCUT2D eigenvalue weighted by Crippen LogP contribution is 2.14. The molecular formula is C12H16O3. The molecule has 1 rings (SSSR count). The molecule has 0 aliphatic carbocycles. The third-order valence-corrected chi connectivity index (χ3v) is 2.38. The van der Waals surface area contributed by atoms with E-state index in [2.05, 4.69) is 0 Å². The van der Waals surface area contributed by atoms with Gasteiger partial charge in [0.2, 0.25) is 0 Å². The van der Waals surface area contributed by atoms with Crippen molar-refractivity contribution in [3.05, 3.63) is 29.8 Å². The van der Waals surface area contributed by atoms with Crippen LogP contribution in [0.1, 0.15) is 19.4 Å². The molecule has 0 aliphatic rings. The summed E-state index contributed by atoms with van der Waals surface area (Å²) in [5.41, 5.74) is 0.981. The summed E-state index contributed by atoms with van der Waals surface area (Å²) in [6, 6.07) is 6.74. The highest BCUT2D eigenvalue weighted by molar-refractivity contribution is 5.84. The molecule has 0 bridgehead atoms. The number of hydrogen-bond acceptors (Lipinski definition) is 3. The Hall–Kier alpha value is -1.35. The van der Waals surface area contributed by atoms with Crippen molar-refractivity contribution in [1.82, 2.24) is 0 Å². The van der Waals surface area contributed by atoms with Crippen molar-refractivity contribution in [2.75, 3.05) is 0 Å². The lowest BCUT2D eigenvalue weighted by Gasteiger charge is -2.12. The van der Waals surface area contributed by atoms with Crippen LogP contribution in [0.15, 0.2) is 24.3 Å². The second-order valence-corrected chi connectivity index (χ2v) is 3.85. The Kier molecular flexibility index (Phi) is 3.86. The number of Topliss-reactive ketones (excluding diaryl/α,β-unsaturated/α-hetero) is 1. The molecule has 1 aromatic rings. The zero-order valence-electron chi connectivity index (χ0n) is 8.97. The number of hydrogen-bond donors (Lipinski definition) is 2. The van der Waals surface area contributed by atoms with Crippen molar-refractivity contribution in [2.24, 2.45) is 5.92 Å². The highest BCUT2D eigenvalue weighted by Gasteiger charge is 2.17. The summed E-state index contributed by atoms with van der Waals surface area (Å²) in [7, 11) is 0. The maximum Gasteiger partial charge on any atom is 0.164 e. The van der Waals surface area contributed by atoms with Gasteiger partial charge in [0.05, 0.1) is 0 Å². The van der Waals surface area contributed by atoms with Gasteiger partial charge in [-0.05, 0) is 31.0 Å². The lowest BCUT2D eigenvalue weighted by molar-refractivity contribution is -0.129. The van der Waals surface area contributed by atoms with Crippen molar-refractivity contribution in [3.63, 3.8) is 0 Å². The fraction of sp³-hybridized carbons (Fsp3) is 0.417. The molecule has 2 atom stereocenters. The molecule has 0 radical (unpaired) electrons. The van der Waals surface area contributed by atoms with E-state index < -0.39 is 6.10 Å². The number of benzene rings is 1. The number of phenols is 1. The zero-order valence-corrected chi connectivity index (χ0v) is 8.97. The van der Waals surface area contributed by atoms with Gasteiger partial charge in [-0.3, -0.25) is 4.79 Å². The number of aliphatic hydroxyl groups is 1. The average molecular weight is 208 g/mol. The Bertz CT molecular complexity index is 327. The van der Waals surface area contributed by atoms with Gasteiger partial charge in [0.1, 0.15) is 11.9 Å². The molecule has 0 aromatic heterocycles. The normalized spacial score (nSPS) is 14.6. The minimum absolute atomic E-state index is 0.150. The largest absolute Gasteiger partial charge is 0.508 e. The van der Waals surface area contributed by atoms with Crippen molar-refractivity contribution in [1.29, 1.82) is 0 Å². The van der Waals surface area contributed by atoms with Gasteiger partial charge in [0.25, 0.3) is 0 Å². The van der Waals surface area contributed by atoms with E-state index in [1.807, 2.05) is 0 Å². The molecule has 0 saturated carbocycles. The monoisotopic (exact) mass is 208 g/mol. The SMILES string of the molecule is CC(O)C(=O)C(C)Cc1ccc(O)cc1. The first-order valence-corrected chi connectivity index (χ1v) is 5.00. The van der Waals surface area contributed by atoms with Gasteiger partial charge in [-0.1, -0.05) is 19.1 Å². The maximum absolute atomic E-state index is 11.4. The number of aromatic hydroxyl groups is 1. The van der Waals surface area contributed by atoms with Crippen LogP contribution in [-0.4, -0.2) is 22.1 Å². The molecule has 0 heterocycles. The molecule has 0 spiro atoms. The Labute approximate surface area is 89.4 Å². The fourth-order valence-corrected chi connectivity index (χ4v) is 1.50. The van der Waals surface area contributed by atoms with E-state index in [4.69, 9.17) is 10.2 Å². The van der Waals surface area contributed by atoms with Crippen molar-refractivity contribution in [2.45, 2.75) is 26.4 Å². The van der Waals surface area contributed by atoms with Crippen LogP contribution < -0.4 is 0 Å². The van der Waals surface area contributed by atoms with Gasteiger partial charge < -0.3 is 10.2 Å². The molecule has 82 valence electrons. The highest BCUT2D eigenvalue weighted by atomic mass is 16.3. The molecule has 0 saturated heterocycles. The molecule has 3 heteroatoms. The predicted octanol–water partition coefficient (Wildman–Crippen LogP) is 1.52. The Morgan fingerprint density at radius 2 is 1.80 bits per heavy atom. The first-order chi connectivity index (χ1) is 7.00. The summed E-state index contributed by atoms with van der Waals surface area (Å²) >= 11 is 0. The Morgan fingerprint density at radius 1 is 1.27 bits per heavy atom. The van der Waals surface area contributed by atoms with Crippen LogP contribution in [0.2, 0.25) is 0 Å². The maximum atomic E-state index is 11.4. The fourth-order valence-electron chi connectivity index (χ4n) is 1.50. The summed E-state index contributed by atoms with van der Waals surface area (Å²) in [5.74, 6) is -0.133. The minimum atomic E-state index is -0.905. The number of carbonyl (C=O) groups excluding carboxylic acids is 1. The topological polar surface area (TPSA) is 57.5 Å². The number of carbonyl (C=O) groups is 1. The van der Waals surface area contributed by atoms with Gasteiger partial charge in [-0.15, -0.1) is 0 Å². The third-order valence-electron chi connectivity index (χ3n) is 2.38. The van der Waals surface area contributed by atoms with Gasteiger partial charge in [0, 0.05) is 5.92 Å². The molecular weight excluding hydrogens is 192 g/mol. The van der Waals surface area contributed by atoms with Gasteiger partial charge in [-0.2, -0.15) is 0 Å². The number of ketones is 1. The van der Waals surface area contributed by atoms with Crippen LogP contribution >= 0.6 is 0 Å². The molecule has 1 aromatic carbocycles. The summed E-state index contributed by atoms with van der Waals surface area (Å²) in [6.45, 7) is 3.28. The quantitative estimate of drug-likeness (QED) is 0.788. The van der Waals surface area contributed by atoms with E-state index >= 15 is 0 Å². The van der Waals surface area contributed by atoms with E-state index in [-0.39, 0.29) is 17.5 Å². The first kappa shape index (κ1) is 11.7. The van der Waals surface area contributed by atoms with Crippen molar-refractivity contribution in [3.8, 4) is 5.75 Å². The summed E-state index contributed by atoms with van der Waals surface area (Å²) in [5, 5.41) is 18.2. The summed E-state index contributed by atoms with van der Waals surface area (Å²) in [4.78, 5) is 11.4. The van der Waals surface area contributed by atoms with Crippen LogP contribution in [0.3, 0.4) is 0 Å². The number of rotatable bonds is 4. The standard InChI is InChI=1S/C12H16O3/c1-8(12(15)9(2)13)7-10-3-5-11(14)6-4-10/h3-6,8-9,13-14H,7H2,1-2H3. The molecule has 2 N–H and O–H groups in total. The first-order valence-electron chi connectivity index (χ1n) is 5.00. The van der Waals surface area contributed by atoms with Crippen LogP contribution in [0.25, 0.3) is 0 Å². The Morgan fingerprint density at radius 3 is 2.27 bits per heavy atom. The predicted molar refractivity (Wildman–Crippen MR) is 57.7 cm³/mol. The van der Waals surface area contributed by atoms with Crippen LogP contribution in [-0.2, 0) is 11.2 Å². The average Bonchev–Trinajstić information content (AvgIpc) is 2.20. The van der Waals surface area contributed by atoms with Gasteiger partial charge in [-0.25, -0.2) is 0 Å².